The Labute approximate surface area is 115 Å². The second-order valence-electron chi connectivity index (χ2n) is 4.47. The molecule has 1 saturated carbocycles. The lowest BCUT2D eigenvalue weighted by atomic mass is 10.1. The first-order valence-corrected chi connectivity index (χ1v) is 7.05. The van der Waals surface area contributed by atoms with Crippen molar-refractivity contribution in [2.45, 2.75) is 38.1 Å². The summed E-state index contributed by atoms with van der Waals surface area (Å²) in [4.78, 5) is 11.8. The molecule has 0 aliphatic heterocycles. The van der Waals surface area contributed by atoms with Gasteiger partial charge in [-0.25, -0.2) is 0 Å². The Morgan fingerprint density at radius 3 is 2.76 bits per heavy atom. The van der Waals surface area contributed by atoms with Crippen molar-refractivity contribution < 1.29 is 4.79 Å². The number of hydrogen-bond donors (Lipinski definition) is 1. The fraction of sp³-hybridized carbons (Fsp3) is 0.462. The van der Waals surface area contributed by atoms with Crippen molar-refractivity contribution in [1.29, 1.82) is 0 Å². The van der Waals surface area contributed by atoms with Crippen LogP contribution in [0.3, 0.4) is 0 Å². The number of carbonyl (C=O) groups is 1. The van der Waals surface area contributed by atoms with Gasteiger partial charge in [0.25, 0.3) is 0 Å². The number of rotatable bonds is 3. The first kappa shape index (κ1) is 12.9. The van der Waals surface area contributed by atoms with Crippen molar-refractivity contribution in [1.82, 2.24) is 5.32 Å². The van der Waals surface area contributed by atoms with Crippen LogP contribution in [-0.2, 0) is 11.2 Å². The molecule has 2 rings (SSSR count). The molecular formula is C13H15BrClNO. The van der Waals surface area contributed by atoms with E-state index in [-0.39, 0.29) is 5.91 Å². The van der Waals surface area contributed by atoms with E-state index in [0.717, 1.165) is 22.9 Å². The van der Waals surface area contributed by atoms with Crippen LogP contribution in [0.25, 0.3) is 0 Å². The molecule has 2 nitrogen and oxygen atoms in total. The average molecular weight is 317 g/mol. The van der Waals surface area contributed by atoms with Crippen LogP contribution in [0.1, 0.15) is 31.2 Å². The first-order valence-electron chi connectivity index (χ1n) is 5.88. The Kier molecular flexibility index (Phi) is 4.46. The van der Waals surface area contributed by atoms with Crippen LogP contribution in [0.2, 0.25) is 5.02 Å². The van der Waals surface area contributed by atoms with Gasteiger partial charge in [-0.2, -0.15) is 0 Å². The van der Waals surface area contributed by atoms with Gasteiger partial charge in [0.2, 0.25) is 5.91 Å². The van der Waals surface area contributed by atoms with E-state index in [1.807, 2.05) is 18.2 Å². The number of hydrogen-bond acceptors (Lipinski definition) is 1. The van der Waals surface area contributed by atoms with Gasteiger partial charge in [-0.1, -0.05) is 30.5 Å². The largest absolute Gasteiger partial charge is 0.353 e. The molecule has 1 fully saturated rings. The minimum Gasteiger partial charge on any atom is -0.353 e. The summed E-state index contributed by atoms with van der Waals surface area (Å²) in [5.41, 5.74) is 0.983. The van der Waals surface area contributed by atoms with Crippen LogP contribution in [0.5, 0.6) is 0 Å². The summed E-state index contributed by atoms with van der Waals surface area (Å²) in [6.07, 6.45) is 5.13. The predicted molar refractivity (Wildman–Crippen MR) is 73.3 cm³/mol. The van der Waals surface area contributed by atoms with E-state index in [1.54, 1.807) is 0 Å². The molecule has 0 bridgehead atoms. The zero-order valence-corrected chi connectivity index (χ0v) is 11.9. The maximum atomic E-state index is 11.8. The Morgan fingerprint density at radius 2 is 2.12 bits per heavy atom. The molecule has 1 N–H and O–H groups in total. The monoisotopic (exact) mass is 315 g/mol. The van der Waals surface area contributed by atoms with E-state index in [2.05, 4.69) is 21.2 Å². The third-order valence-corrected chi connectivity index (χ3v) is 4.28. The second-order valence-corrected chi connectivity index (χ2v) is 5.74. The zero-order chi connectivity index (χ0) is 12.3. The molecule has 1 amide bonds. The van der Waals surface area contributed by atoms with E-state index >= 15 is 0 Å². The topological polar surface area (TPSA) is 29.1 Å². The minimum atomic E-state index is 0.103. The summed E-state index contributed by atoms with van der Waals surface area (Å²) in [6.45, 7) is 0. The Bertz CT molecular complexity index is 416. The molecule has 0 unspecified atom stereocenters. The van der Waals surface area contributed by atoms with E-state index in [1.165, 1.54) is 12.8 Å². The maximum absolute atomic E-state index is 11.8. The van der Waals surface area contributed by atoms with Gasteiger partial charge in [-0.05, 0) is 46.5 Å². The smallest absolute Gasteiger partial charge is 0.224 e. The van der Waals surface area contributed by atoms with Crippen LogP contribution >= 0.6 is 27.5 Å². The van der Waals surface area contributed by atoms with Crippen molar-refractivity contribution in [3.63, 3.8) is 0 Å². The Balaban J connectivity index is 1.90. The molecule has 0 heterocycles. The van der Waals surface area contributed by atoms with Crippen LogP contribution in [0.15, 0.2) is 22.7 Å². The third kappa shape index (κ3) is 3.71. The van der Waals surface area contributed by atoms with E-state index < -0.39 is 0 Å². The van der Waals surface area contributed by atoms with E-state index in [0.29, 0.717) is 17.5 Å². The van der Waals surface area contributed by atoms with Crippen molar-refractivity contribution >= 4 is 33.4 Å². The van der Waals surface area contributed by atoms with Gasteiger partial charge < -0.3 is 5.32 Å². The molecule has 92 valence electrons. The molecule has 0 aromatic heterocycles. The van der Waals surface area contributed by atoms with Crippen molar-refractivity contribution in [2.75, 3.05) is 0 Å². The highest BCUT2D eigenvalue weighted by atomic mass is 79.9. The Hall–Kier alpha value is -0.540. The number of halogens is 2. The fourth-order valence-corrected chi connectivity index (χ4v) is 2.73. The summed E-state index contributed by atoms with van der Waals surface area (Å²) in [5, 5.41) is 3.75. The molecule has 1 aliphatic carbocycles. The summed E-state index contributed by atoms with van der Waals surface area (Å²) in [7, 11) is 0. The minimum absolute atomic E-state index is 0.103. The van der Waals surface area contributed by atoms with Gasteiger partial charge in [0.15, 0.2) is 0 Å². The molecule has 4 heteroatoms. The van der Waals surface area contributed by atoms with Crippen molar-refractivity contribution in [3.05, 3.63) is 33.3 Å². The lowest BCUT2D eigenvalue weighted by Crippen LogP contribution is -2.33. The van der Waals surface area contributed by atoms with Crippen LogP contribution in [0, 0.1) is 0 Å². The Morgan fingerprint density at radius 1 is 1.41 bits per heavy atom. The highest BCUT2D eigenvalue weighted by molar-refractivity contribution is 9.10. The quantitative estimate of drug-likeness (QED) is 0.905. The summed E-state index contributed by atoms with van der Waals surface area (Å²) in [6, 6.07) is 5.99. The van der Waals surface area contributed by atoms with E-state index in [4.69, 9.17) is 11.6 Å². The second kappa shape index (κ2) is 5.87. The molecule has 0 atom stereocenters. The SMILES string of the molecule is O=C(Cc1ccc(Cl)c(Br)c1)NC1CCCC1. The van der Waals surface area contributed by atoms with Crippen LogP contribution < -0.4 is 5.32 Å². The van der Waals surface area contributed by atoms with Gasteiger partial charge in [-0.3, -0.25) is 4.79 Å². The molecule has 0 radical (unpaired) electrons. The van der Waals surface area contributed by atoms with Gasteiger partial charge in [-0.15, -0.1) is 0 Å². The number of benzene rings is 1. The molecule has 17 heavy (non-hydrogen) atoms. The molecule has 1 aliphatic rings. The maximum Gasteiger partial charge on any atom is 0.224 e. The summed E-state index contributed by atoms with van der Waals surface area (Å²) >= 11 is 9.27. The van der Waals surface area contributed by atoms with Gasteiger partial charge in [0.1, 0.15) is 0 Å². The molecule has 1 aromatic rings. The first-order chi connectivity index (χ1) is 8.15. The normalized spacial score (nSPS) is 16.1. The van der Waals surface area contributed by atoms with Gasteiger partial charge >= 0.3 is 0 Å². The average Bonchev–Trinajstić information content (AvgIpc) is 2.76. The van der Waals surface area contributed by atoms with E-state index in [9.17, 15) is 4.79 Å². The number of amides is 1. The predicted octanol–water partition coefficient (Wildman–Crippen LogP) is 3.70. The fourth-order valence-electron chi connectivity index (χ4n) is 2.18. The molecule has 0 saturated heterocycles. The van der Waals surface area contributed by atoms with Crippen molar-refractivity contribution in [2.24, 2.45) is 0 Å². The van der Waals surface area contributed by atoms with Gasteiger partial charge in [0.05, 0.1) is 11.4 Å². The molecular weight excluding hydrogens is 302 g/mol. The standard InChI is InChI=1S/C13H15BrClNO/c14-11-7-9(5-6-12(11)15)8-13(17)16-10-3-1-2-4-10/h5-7,10H,1-4,8H2,(H,16,17). The summed E-state index contributed by atoms with van der Waals surface area (Å²) < 4.78 is 0.838. The van der Waals surface area contributed by atoms with Crippen LogP contribution in [-0.4, -0.2) is 11.9 Å². The molecule has 1 aromatic carbocycles. The number of carbonyl (C=O) groups excluding carboxylic acids is 1. The number of nitrogens with one attached hydrogen (secondary N) is 1. The molecule has 0 spiro atoms. The third-order valence-electron chi connectivity index (χ3n) is 3.07. The lowest BCUT2D eigenvalue weighted by Gasteiger charge is -2.12. The highest BCUT2D eigenvalue weighted by Crippen LogP contribution is 2.23. The lowest BCUT2D eigenvalue weighted by molar-refractivity contribution is -0.121. The van der Waals surface area contributed by atoms with Crippen molar-refractivity contribution in [3.8, 4) is 0 Å². The highest BCUT2D eigenvalue weighted by Gasteiger charge is 2.17. The summed E-state index contributed by atoms with van der Waals surface area (Å²) in [5.74, 6) is 0.103. The van der Waals surface area contributed by atoms with Crippen LogP contribution in [0.4, 0.5) is 0 Å². The van der Waals surface area contributed by atoms with Gasteiger partial charge in [0, 0.05) is 10.5 Å². The zero-order valence-electron chi connectivity index (χ0n) is 9.51.